The molecule has 2 aromatic rings. The van der Waals surface area contributed by atoms with Crippen molar-refractivity contribution in [3.63, 3.8) is 0 Å². The fraction of sp³-hybridized carbons (Fsp3) is 0.308. The number of aryl methyl sites for hydroxylation is 2. The van der Waals surface area contributed by atoms with Gasteiger partial charge in [-0.3, -0.25) is 4.68 Å². The molecule has 100 valence electrons. The number of hydrogen-bond acceptors (Lipinski definition) is 4. The van der Waals surface area contributed by atoms with E-state index < -0.39 is 0 Å². The molecule has 0 amide bonds. The van der Waals surface area contributed by atoms with Crippen LogP contribution in [0.5, 0.6) is 5.88 Å². The molecule has 0 spiro atoms. The molecule has 0 atom stereocenters. The van der Waals surface area contributed by atoms with Crippen LogP contribution in [0.3, 0.4) is 0 Å². The van der Waals surface area contributed by atoms with Gasteiger partial charge in [0.2, 0.25) is 17.3 Å². The molecule has 0 N–H and O–H groups in total. The summed E-state index contributed by atoms with van der Waals surface area (Å²) in [6, 6.07) is 7.54. The van der Waals surface area contributed by atoms with Crippen LogP contribution in [0.15, 0.2) is 34.8 Å². The van der Waals surface area contributed by atoms with Gasteiger partial charge in [0.25, 0.3) is 0 Å². The number of ether oxygens (including phenoxy) is 1. The zero-order valence-electron chi connectivity index (χ0n) is 10.9. The first-order chi connectivity index (χ1) is 9.24. The van der Waals surface area contributed by atoms with Crippen LogP contribution in [0.1, 0.15) is 18.1 Å². The fourth-order valence-corrected chi connectivity index (χ4v) is 2.11. The Labute approximate surface area is 115 Å². The maximum atomic E-state index is 10.6. The van der Waals surface area contributed by atoms with Crippen molar-refractivity contribution in [2.75, 3.05) is 0 Å². The van der Waals surface area contributed by atoms with Crippen LogP contribution in [0.4, 0.5) is 5.69 Å². The lowest BCUT2D eigenvalue weighted by Crippen LogP contribution is -2.01. The van der Waals surface area contributed by atoms with E-state index in [-0.39, 0.29) is 11.5 Å². The Balaban J connectivity index is 2.24. The maximum Gasteiger partial charge on any atom is 0.233 e. The molecule has 19 heavy (non-hydrogen) atoms. The number of hydrogen-bond donors (Lipinski definition) is 0. The molecule has 2 rings (SSSR count). The Bertz CT molecular complexity index is 618. The average molecular weight is 277 g/mol. The Morgan fingerprint density at radius 1 is 1.42 bits per heavy atom. The minimum absolute atomic E-state index is 0.214. The van der Waals surface area contributed by atoms with Crippen molar-refractivity contribution >= 4 is 17.2 Å². The zero-order valence-corrected chi connectivity index (χ0v) is 11.7. The summed E-state index contributed by atoms with van der Waals surface area (Å²) in [7, 11) is 1.84. The lowest BCUT2D eigenvalue weighted by atomic mass is 10.0. The molecule has 1 aromatic heterocycles. The molecule has 0 fully saturated rings. The van der Waals surface area contributed by atoms with Gasteiger partial charge >= 0.3 is 0 Å². The predicted molar refractivity (Wildman–Crippen MR) is 73.6 cm³/mol. The van der Waals surface area contributed by atoms with Crippen molar-refractivity contribution in [3.05, 3.63) is 41.6 Å². The Morgan fingerprint density at radius 3 is 2.89 bits per heavy atom. The molecule has 0 bridgehead atoms. The summed E-state index contributed by atoms with van der Waals surface area (Å²) in [5, 5.41) is 4.15. The number of nitrogens with zero attached hydrogens (tertiary/aromatic N) is 3. The van der Waals surface area contributed by atoms with Crippen LogP contribution >= 0.6 is 0 Å². The topological polar surface area (TPSA) is 56.5 Å². The summed E-state index contributed by atoms with van der Waals surface area (Å²) < 4.78 is 21.8. The molecule has 0 aliphatic rings. The van der Waals surface area contributed by atoms with Crippen molar-refractivity contribution in [3.8, 4) is 5.88 Å². The van der Waals surface area contributed by atoms with Crippen LogP contribution in [-0.4, -0.2) is 14.0 Å². The van der Waals surface area contributed by atoms with Gasteiger partial charge in [0, 0.05) is 24.9 Å². The van der Waals surface area contributed by atoms with E-state index in [0.29, 0.717) is 18.2 Å². The lowest BCUT2D eigenvalue weighted by molar-refractivity contribution is 0.290. The van der Waals surface area contributed by atoms with Crippen LogP contribution in [0, 0.1) is 0 Å². The lowest BCUT2D eigenvalue weighted by Gasteiger charge is -2.10. The molecule has 0 aliphatic carbocycles. The van der Waals surface area contributed by atoms with Crippen LogP contribution < -0.4 is 4.74 Å². The molecule has 1 aromatic carbocycles. The molecule has 0 saturated carbocycles. The Morgan fingerprint density at radius 2 is 2.26 bits per heavy atom. The fourth-order valence-electron chi connectivity index (χ4n) is 1.86. The van der Waals surface area contributed by atoms with E-state index in [1.165, 1.54) is 0 Å². The quantitative estimate of drug-likeness (QED) is 0.844. The van der Waals surface area contributed by atoms with Crippen LogP contribution in [0.25, 0.3) is 0 Å². The standard InChI is InChI=1S/C13H15N3O2S/c1-3-10-5-4-6-12(15-19-17)11(10)9-18-13-7-8-16(2)14-13/h4-8H,3,9H2,1-2H3. The number of rotatable bonds is 5. The van der Waals surface area contributed by atoms with E-state index in [9.17, 15) is 4.21 Å². The van der Waals surface area contributed by atoms with Gasteiger partial charge < -0.3 is 4.74 Å². The van der Waals surface area contributed by atoms with Crippen molar-refractivity contribution in [2.24, 2.45) is 11.4 Å². The first kappa shape index (κ1) is 13.5. The van der Waals surface area contributed by atoms with Gasteiger partial charge in [-0.15, -0.1) is 5.10 Å². The van der Waals surface area contributed by atoms with Gasteiger partial charge in [-0.1, -0.05) is 19.1 Å². The van der Waals surface area contributed by atoms with Crippen LogP contribution in [0.2, 0.25) is 0 Å². The SMILES string of the molecule is CCc1cccc(N=S=O)c1COc1ccn(C)n1. The van der Waals surface area contributed by atoms with E-state index >= 15 is 0 Å². The molecule has 0 saturated heterocycles. The van der Waals surface area contributed by atoms with Gasteiger partial charge in [-0.2, -0.15) is 8.57 Å². The summed E-state index contributed by atoms with van der Waals surface area (Å²) >= 11 is 0.214. The molecular weight excluding hydrogens is 262 g/mol. The minimum atomic E-state index is 0.214. The predicted octanol–water partition coefficient (Wildman–Crippen LogP) is 2.59. The third-order valence-electron chi connectivity index (χ3n) is 2.82. The van der Waals surface area contributed by atoms with Gasteiger partial charge in [0.05, 0.1) is 5.69 Å². The average Bonchev–Trinajstić information content (AvgIpc) is 2.83. The van der Waals surface area contributed by atoms with Crippen molar-refractivity contribution in [1.29, 1.82) is 0 Å². The van der Waals surface area contributed by atoms with Gasteiger partial charge in [0.1, 0.15) is 6.61 Å². The highest BCUT2D eigenvalue weighted by molar-refractivity contribution is 7.54. The monoisotopic (exact) mass is 277 g/mol. The van der Waals surface area contributed by atoms with E-state index in [2.05, 4.69) is 16.4 Å². The highest BCUT2D eigenvalue weighted by Gasteiger charge is 2.08. The van der Waals surface area contributed by atoms with Crippen molar-refractivity contribution in [2.45, 2.75) is 20.0 Å². The zero-order chi connectivity index (χ0) is 13.7. The third kappa shape index (κ3) is 3.29. The van der Waals surface area contributed by atoms with Crippen molar-refractivity contribution in [1.82, 2.24) is 9.78 Å². The second-order valence-electron chi connectivity index (χ2n) is 4.05. The summed E-state index contributed by atoms with van der Waals surface area (Å²) in [6.45, 7) is 2.42. The second-order valence-corrected chi connectivity index (χ2v) is 4.38. The molecule has 5 nitrogen and oxygen atoms in total. The smallest absolute Gasteiger partial charge is 0.233 e. The highest BCUT2D eigenvalue weighted by Crippen LogP contribution is 2.24. The summed E-state index contributed by atoms with van der Waals surface area (Å²) in [5.74, 6) is 0.564. The second kappa shape index (κ2) is 6.29. The maximum absolute atomic E-state index is 10.6. The Hall–Kier alpha value is -1.95. The highest BCUT2D eigenvalue weighted by atomic mass is 32.1. The summed E-state index contributed by atoms with van der Waals surface area (Å²) in [6.07, 6.45) is 2.69. The largest absolute Gasteiger partial charge is 0.472 e. The molecule has 6 heteroatoms. The van der Waals surface area contributed by atoms with E-state index in [4.69, 9.17) is 4.74 Å². The molecule has 1 heterocycles. The molecule has 0 radical (unpaired) electrons. The molecule has 0 unspecified atom stereocenters. The molecular formula is C13H15N3O2S. The number of benzene rings is 1. The van der Waals surface area contributed by atoms with E-state index in [1.807, 2.05) is 31.4 Å². The van der Waals surface area contributed by atoms with Gasteiger partial charge in [0.15, 0.2) is 0 Å². The summed E-state index contributed by atoms with van der Waals surface area (Å²) in [4.78, 5) is 0. The minimum Gasteiger partial charge on any atom is -0.472 e. The third-order valence-corrected chi connectivity index (χ3v) is 3.09. The van der Waals surface area contributed by atoms with Crippen molar-refractivity contribution < 1.29 is 8.95 Å². The van der Waals surface area contributed by atoms with Crippen LogP contribution in [-0.2, 0) is 31.5 Å². The van der Waals surface area contributed by atoms with E-state index in [1.54, 1.807) is 10.7 Å². The summed E-state index contributed by atoms with van der Waals surface area (Å²) in [5.41, 5.74) is 2.75. The van der Waals surface area contributed by atoms with E-state index in [0.717, 1.165) is 17.5 Å². The normalized spacial score (nSPS) is 10.2. The first-order valence-corrected chi connectivity index (χ1v) is 6.67. The molecule has 0 aliphatic heterocycles. The Kier molecular flexibility index (Phi) is 4.46. The number of aromatic nitrogens is 2. The first-order valence-electron chi connectivity index (χ1n) is 5.97. The van der Waals surface area contributed by atoms with Gasteiger partial charge in [-0.25, -0.2) is 0 Å². The van der Waals surface area contributed by atoms with Gasteiger partial charge in [-0.05, 0) is 18.1 Å².